The zero-order chi connectivity index (χ0) is 26.7. The number of nitrogens with one attached hydrogen (secondary N) is 2. The predicted molar refractivity (Wildman–Crippen MR) is 150 cm³/mol. The molecule has 37 heavy (non-hydrogen) atoms. The number of carbonyl (C=O) groups excluding carboxylic acids is 2. The van der Waals surface area contributed by atoms with Crippen LogP contribution in [0, 0.1) is 13.8 Å². The fourth-order valence-corrected chi connectivity index (χ4v) is 4.57. The summed E-state index contributed by atoms with van der Waals surface area (Å²) in [5.41, 5.74) is 4.15. The number of benzene rings is 2. The van der Waals surface area contributed by atoms with E-state index in [-0.39, 0.29) is 24.1 Å². The Morgan fingerprint density at radius 3 is 2.57 bits per heavy atom. The molecule has 0 aliphatic rings. The summed E-state index contributed by atoms with van der Waals surface area (Å²) in [5, 5.41) is 5.93. The minimum Gasteiger partial charge on any atom is -0.485 e. The Morgan fingerprint density at radius 2 is 1.84 bits per heavy atom. The number of urea groups is 1. The number of hydrogen-bond donors (Lipinski definition) is 2. The van der Waals surface area contributed by atoms with Crippen molar-refractivity contribution in [3.05, 3.63) is 86.2 Å². The molecule has 0 spiro atoms. The van der Waals surface area contributed by atoms with Gasteiger partial charge in [-0.05, 0) is 66.2 Å². The van der Waals surface area contributed by atoms with Crippen molar-refractivity contribution in [2.45, 2.75) is 20.5 Å². The highest BCUT2D eigenvalue weighted by atomic mass is 79.9. The second-order valence-corrected chi connectivity index (χ2v) is 9.86. The highest BCUT2D eigenvalue weighted by Crippen LogP contribution is 2.35. The summed E-state index contributed by atoms with van der Waals surface area (Å²) in [5.74, 6) is 0.194. The van der Waals surface area contributed by atoms with Crippen LogP contribution in [-0.2, 0) is 11.4 Å². The summed E-state index contributed by atoms with van der Waals surface area (Å²) in [4.78, 5) is 30.9. The number of halogens is 3. The van der Waals surface area contributed by atoms with Gasteiger partial charge < -0.3 is 20.3 Å². The van der Waals surface area contributed by atoms with Gasteiger partial charge in [0.2, 0.25) is 5.91 Å². The van der Waals surface area contributed by atoms with Gasteiger partial charge in [0.1, 0.15) is 11.2 Å². The van der Waals surface area contributed by atoms with Crippen LogP contribution in [0.15, 0.2) is 59.3 Å². The number of ether oxygens (including phenoxy) is 1. The summed E-state index contributed by atoms with van der Waals surface area (Å²) in [6.45, 7) is 3.69. The predicted octanol–water partition coefficient (Wildman–Crippen LogP) is 6.38. The number of pyridine rings is 1. The molecule has 2 N–H and O–H groups in total. The molecule has 0 atom stereocenters. The van der Waals surface area contributed by atoms with Crippen LogP contribution in [-0.4, -0.2) is 34.9 Å². The maximum atomic E-state index is 12.8. The van der Waals surface area contributed by atoms with Gasteiger partial charge in [0.05, 0.1) is 22.9 Å². The molecule has 0 saturated heterocycles. The number of carbonyl (C=O) groups is 2. The van der Waals surface area contributed by atoms with Gasteiger partial charge in [-0.2, -0.15) is 0 Å². The molecule has 2 aromatic carbocycles. The van der Waals surface area contributed by atoms with Crippen LogP contribution in [0.3, 0.4) is 0 Å². The quantitative estimate of drug-likeness (QED) is 0.256. The van der Waals surface area contributed by atoms with E-state index in [1.165, 1.54) is 4.90 Å². The first-order chi connectivity index (χ1) is 17.7. The molecule has 8 nitrogen and oxygen atoms in total. The van der Waals surface area contributed by atoms with E-state index in [9.17, 15) is 9.59 Å². The van der Waals surface area contributed by atoms with Gasteiger partial charge in [-0.1, -0.05) is 40.9 Å². The highest BCUT2D eigenvalue weighted by Gasteiger charge is 2.20. The van der Waals surface area contributed by atoms with Gasteiger partial charge in [-0.15, -0.1) is 0 Å². The monoisotopic (exact) mass is 603 g/mol. The van der Waals surface area contributed by atoms with Crippen molar-refractivity contribution in [1.29, 1.82) is 0 Å². The molecule has 0 radical (unpaired) electrons. The lowest BCUT2D eigenvalue weighted by atomic mass is 10.2. The number of aryl methyl sites for hydroxylation is 2. The molecule has 4 rings (SSSR count). The minimum absolute atomic E-state index is 0.0634. The lowest BCUT2D eigenvalue weighted by Gasteiger charge is -2.21. The highest BCUT2D eigenvalue weighted by molar-refractivity contribution is 9.10. The van der Waals surface area contributed by atoms with E-state index in [1.807, 2.05) is 48.7 Å². The third-order valence-electron chi connectivity index (χ3n) is 5.70. The Morgan fingerprint density at radius 1 is 1.11 bits per heavy atom. The lowest BCUT2D eigenvalue weighted by molar-refractivity contribution is -0.117. The Kier molecular flexibility index (Phi) is 8.26. The molecule has 0 saturated carbocycles. The maximum absolute atomic E-state index is 12.8. The normalized spacial score (nSPS) is 10.9. The molecule has 3 amide bonds. The average molecular weight is 605 g/mol. The number of hydrogen-bond acceptors (Lipinski definition) is 4. The first kappa shape index (κ1) is 26.8. The maximum Gasteiger partial charge on any atom is 0.319 e. The van der Waals surface area contributed by atoms with Gasteiger partial charge in [-0.25, -0.2) is 9.78 Å². The van der Waals surface area contributed by atoms with Crippen molar-refractivity contribution < 1.29 is 14.3 Å². The molecule has 0 fully saturated rings. The first-order valence-corrected chi connectivity index (χ1v) is 12.8. The molecular weight excluding hydrogens is 581 g/mol. The fourth-order valence-electron chi connectivity index (χ4n) is 3.59. The number of anilines is 2. The fraction of sp³-hybridized carbons (Fsp3) is 0.192. The standard InChI is InChI=1S/C26H24BrCl2N5O3/c1-15-6-8-17(9-7-15)32-26(36)30-13-22(35)33(3)20-11-10-19(28)18(23(20)29)14-37-21-5-4-12-34-24(27)16(2)31-25(21)34/h4-12H,13-14H2,1-3H3,(H2,30,32,36). The second-order valence-electron chi connectivity index (χ2n) is 8.33. The molecule has 4 aromatic rings. The summed E-state index contributed by atoms with van der Waals surface area (Å²) in [6, 6.07) is 13.8. The number of imidazole rings is 1. The minimum atomic E-state index is -0.489. The van der Waals surface area contributed by atoms with Crippen molar-refractivity contribution >= 4 is 68.1 Å². The molecule has 2 heterocycles. The largest absolute Gasteiger partial charge is 0.485 e. The SMILES string of the molecule is Cc1ccc(NC(=O)NCC(=O)N(C)c2ccc(Cl)c(COc3cccn4c(Br)c(C)nc34)c2Cl)cc1. The van der Waals surface area contributed by atoms with E-state index in [0.29, 0.717) is 33.4 Å². The number of fused-ring (bicyclic) bond motifs is 1. The number of nitrogens with zero attached hydrogens (tertiary/aromatic N) is 3. The third-order valence-corrected chi connectivity index (χ3v) is 7.43. The average Bonchev–Trinajstić information content (AvgIpc) is 3.17. The van der Waals surface area contributed by atoms with Gasteiger partial charge in [0, 0.05) is 29.5 Å². The Balaban J connectivity index is 1.43. The van der Waals surface area contributed by atoms with Crippen LogP contribution in [0.4, 0.5) is 16.2 Å². The summed E-state index contributed by atoms with van der Waals surface area (Å²) >= 11 is 16.6. The van der Waals surface area contributed by atoms with Gasteiger partial charge in [0.25, 0.3) is 0 Å². The van der Waals surface area contributed by atoms with Crippen molar-refractivity contribution in [3.63, 3.8) is 0 Å². The first-order valence-electron chi connectivity index (χ1n) is 11.3. The number of likely N-dealkylation sites (N-methyl/N-ethyl adjacent to an activating group) is 1. The van der Waals surface area contributed by atoms with Crippen LogP contribution >= 0.6 is 39.1 Å². The Bertz CT molecular complexity index is 1470. The smallest absolute Gasteiger partial charge is 0.319 e. The van der Waals surface area contributed by atoms with Crippen molar-refractivity contribution in [1.82, 2.24) is 14.7 Å². The van der Waals surface area contributed by atoms with Crippen LogP contribution in [0.1, 0.15) is 16.8 Å². The molecule has 0 bridgehead atoms. The number of rotatable bonds is 7. The molecule has 11 heteroatoms. The number of amides is 3. The van der Waals surface area contributed by atoms with E-state index in [0.717, 1.165) is 15.9 Å². The van der Waals surface area contributed by atoms with Crippen LogP contribution in [0.5, 0.6) is 5.75 Å². The van der Waals surface area contributed by atoms with E-state index < -0.39 is 6.03 Å². The lowest BCUT2D eigenvalue weighted by Crippen LogP contribution is -2.40. The molecule has 0 aliphatic carbocycles. The topological polar surface area (TPSA) is 88.0 Å². The summed E-state index contributed by atoms with van der Waals surface area (Å²) < 4.78 is 8.75. The summed E-state index contributed by atoms with van der Waals surface area (Å²) in [7, 11) is 1.58. The molecule has 0 unspecified atom stereocenters. The van der Waals surface area contributed by atoms with Crippen molar-refractivity contribution in [2.75, 3.05) is 23.8 Å². The molecular formula is C26H24BrCl2N5O3. The third kappa shape index (κ3) is 6.01. The second kappa shape index (κ2) is 11.4. The van der Waals surface area contributed by atoms with Crippen LogP contribution in [0.25, 0.3) is 5.65 Å². The molecule has 0 aliphatic heterocycles. The van der Waals surface area contributed by atoms with Crippen molar-refractivity contribution in [2.24, 2.45) is 0 Å². The van der Waals surface area contributed by atoms with E-state index in [1.54, 1.807) is 31.3 Å². The van der Waals surface area contributed by atoms with Gasteiger partial charge in [0.15, 0.2) is 11.4 Å². The van der Waals surface area contributed by atoms with Crippen molar-refractivity contribution in [3.8, 4) is 5.75 Å². The van der Waals surface area contributed by atoms with Gasteiger partial charge >= 0.3 is 6.03 Å². The van der Waals surface area contributed by atoms with Crippen LogP contribution < -0.4 is 20.3 Å². The zero-order valence-corrected chi connectivity index (χ0v) is 23.4. The van der Waals surface area contributed by atoms with E-state index >= 15 is 0 Å². The Hall–Kier alpha value is -3.27. The molecule has 2 aromatic heterocycles. The zero-order valence-electron chi connectivity index (χ0n) is 20.3. The molecule has 192 valence electrons. The summed E-state index contributed by atoms with van der Waals surface area (Å²) in [6.07, 6.45) is 1.88. The van der Waals surface area contributed by atoms with E-state index in [4.69, 9.17) is 27.9 Å². The van der Waals surface area contributed by atoms with Gasteiger partial charge in [-0.3, -0.25) is 9.20 Å². The Labute approximate surface area is 232 Å². The van der Waals surface area contributed by atoms with E-state index in [2.05, 4.69) is 31.5 Å². The number of aromatic nitrogens is 2. The van der Waals surface area contributed by atoms with Crippen LogP contribution in [0.2, 0.25) is 10.0 Å².